The van der Waals surface area contributed by atoms with Crippen LogP contribution >= 0.6 is 69.6 Å². The Bertz CT molecular complexity index is 1820. The van der Waals surface area contributed by atoms with Crippen molar-refractivity contribution in [1.82, 2.24) is 4.98 Å². The highest BCUT2D eigenvalue weighted by molar-refractivity contribution is 6.39. The minimum Gasteiger partial charge on any atom is -0.457 e. The van der Waals surface area contributed by atoms with Crippen molar-refractivity contribution in [3.05, 3.63) is 143 Å². The van der Waals surface area contributed by atoms with Crippen molar-refractivity contribution in [3.63, 3.8) is 0 Å². The Kier molecular flexibility index (Phi) is 7.94. The number of aromatic nitrogens is 1. The molecule has 42 heavy (non-hydrogen) atoms. The van der Waals surface area contributed by atoms with E-state index < -0.39 is 5.92 Å². The van der Waals surface area contributed by atoms with Crippen LogP contribution in [-0.2, 0) is 5.41 Å². The number of rotatable bonds is 4. The first-order valence-electron chi connectivity index (χ1n) is 13.1. The summed E-state index contributed by atoms with van der Waals surface area (Å²) >= 11 is 41.2. The summed E-state index contributed by atoms with van der Waals surface area (Å²) in [6.07, 6.45) is 3.05. The zero-order valence-corrected chi connectivity index (χ0v) is 27.2. The number of aryl methyl sites for hydroxylation is 1. The van der Waals surface area contributed by atoms with Gasteiger partial charge in [-0.05, 0) is 66.1 Å². The molecule has 0 radical (unpaired) electrons. The van der Waals surface area contributed by atoms with Crippen molar-refractivity contribution >= 4 is 69.6 Å². The summed E-state index contributed by atoms with van der Waals surface area (Å²) in [6.45, 7) is 6.31. The predicted molar refractivity (Wildman–Crippen MR) is 177 cm³/mol. The fourth-order valence-electron chi connectivity index (χ4n) is 5.77. The molecule has 2 nitrogen and oxygen atoms in total. The van der Waals surface area contributed by atoms with Crippen molar-refractivity contribution in [1.29, 1.82) is 0 Å². The van der Waals surface area contributed by atoms with Gasteiger partial charge in [0.1, 0.15) is 11.5 Å². The molecule has 1 aromatic heterocycles. The van der Waals surface area contributed by atoms with Crippen LogP contribution in [0.5, 0.6) is 11.5 Å². The molecular weight excluding hydrogens is 651 g/mol. The molecule has 6 rings (SSSR count). The number of para-hydroxylation sites is 1. The van der Waals surface area contributed by atoms with Gasteiger partial charge in [0.15, 0.2) is 0 Å². The largest absolute Gasteiger partial charge is 0.457 e. The number of hydrogen-bond acceptors (Lipinski definition) is 2. The highest BCUT2D eigenvalue weighted by Crippen LogP contribution is 2.51. The molecule has 0 N–H and O–H groups in total. The summed E-state index contributed by atoms with van der Waals surface area (Å²) in [4.78, 5) is 4.13. The molecule has 1 unspecified atom stereocenters. The van der Waals surface area contributed by atoms with Crippen LogP contribution in [0.4, 0.5) is 0 Å². The number of pyridine rings is 1. The first-order chi connectivity index (χ1) is 20.0. The topological polar surface area (TPSA) is 22.1 Å². The van der Waals surface area contributed by atoms with E-state index >= 15 is 0 Å². The minimum absolute atomic E-state index is 0.271. The van der Waals surface area contributed by atoms with E-state index in [1.165, 1.54) is 12.4 Å². The lowest BCUT2D eigenvalue weighted by Gasteiger charge is -2.34. The Morgan fingerprint density at radius 1 is 0.595 bits per heavy atom. The van der Waals surface area contributed by atoms with Crippen molar-refractivity contribution in [2.24, 2.45) is 0 Å². The number of halogens is 6. The SMILES string of the molecule is Cc1cc(Cl)c(C(c2c(Cl)cncc2Cl)c2c(Cl)cc(-c3ccc4c(c3)C(C)(C)c3ccccc3O4)cc2Cl)c(Cl)c1. The van der Waals surface area contributed by atoms with Crippen molar-refractivity contribution in [2.45, 2.75) is 32.1 Å². The standard InChI is InChI=1S/C34H23Cl6NO/c1-17-10-22(35)30(23(36)11-17)33(32-26(39)15-41-16-27(32)40)31-24(37)13-19(14-25(31)38)18-8-9-29-21(12-18)34(2,3)20-6-4-5-7-28(20)42-29/h4-16,33H,1-3H3. The van der Waals surface area contributed by atoms with E-state index in [2.05, 4.69) is 31.0 Å². The molecule has 1 atom stereocenters. The highest BCUT2D eigenvalue weighted by Gasteiger charge is 2.35. The molecule has 0 spiro atoms. The van der Waals surface area contributed by atoms with Gasteiger partial charge in [0, 0.05) is 71.6 Å². The molecule has 5 aromatic rings. The maximum atomic E-state index is 7.09. The van der Waals surface area contributed by atoms with Gasteiger partial charge in [-0.1, -0.05) is 108 Å². The lowest BCUT2D eigenvalue weighted by molar-refractivity contribution is 0.418. The van der Waals surface area contributed by atoms with E-state index in [1.807, 2.05) is 61.5 Å². The molecule has 1 aliphatic heterocycles. The molecule has 212 valence electrons. The molecule has 0 bridgehead atoms. The van der Waals surface area contributed by atoms with E-state index in [1.54, 1.807) is 0 Å². The molecule has 4 aromatic carbocycles. The van der Waals surface area contributed by atoms with Gasteiger partial charge in [0.25, 0.3) is 0 Å². The lowest BCUT2D eigenvalue weighted by Crippen LogP contribution is -2.24. The molecule has 1 aliphatic rings. The van der Waals surface area contributed by atoms with E-state index in [4.69, 9.17) is 74.3 Å². The van der Waals surface area contributed by atoms with E-state index in [0.717, 1.165) is 39.3 Å². The maximum absolute atomic E-state index is 7.09. The Hall–Kier alpha value is -2.43. The number of benzene rings is 4. The smallest absolute Gasteiger partial charge is 0.131 e. The molecule has 0 amide bonds. The molecule has 0 saturated heterocycles. The molecular formula is C34H23Cl6NO. The van der Waals surface area contributed by atoms with Gasteiger partial charge in [0.05, 0.1) is 10.0 Å². The van der Waals surface area contributed by atoms with Gasteiger partial charge >= 0.3 is 0 Å². The van der Waals surface area contributed by atoms with Crippen LogP contribution in [0, 0.1) is 6.92 Å². The zero-order chi connectivity index (χ0) is 29.9. The summed E-state index contributed by atoms with van der Waals surface area (Å²) in [5.41, 5.74) is 6.37. The van der Waals surface area contributed by atoms with E-state index in [9.17, 15) is 0 Å². The van der Waals surface area contributed by atoms with Crippen LogP contribution in [0.1, 0.15) is 53.1 Å². The van der Waals surface area contributed by atoms with Gasteiger partial charge in [-0.15, -0.1) is 0 Å². The van der Waals surface area contributed by atoms with Gasteiger partial charge in [-0.3, -0.25) is 4.98 Å². The van der Waals surface area contributed by atoms with Crippen LogP contribution in [0.15, 0.2) is 79.1 Å². The third kappa shape index (κ3) is 5.07. The normalized spacial score (nSPS) is 14.1. The van der Waals surface area contributed by atoms with Gasteiger partial charge < -0.3 is 4.74 Å². The first kappa shape index (κ1) is 29.6. The van der Waals surface area contributed by atoms with Crippen molar-refractivity contribution < 1.29 is 4.74 Å². The third-order valence-electron chi connectivity index (χ3n) is 7.83. The van der Waals surface area contributed by atoms with Crippen LogP contribution < -0.4 is 4.74 Å². The second kappa shape index (κ2) is 11.2. The second-order valence-electron chi connectivity index (χ2n) is 10.9. The Balaban J connectivity index is 1.52. The quantitative estimate of drug-likeness (QED) is 0.189. The summed E-state index contributed by atoms with van der Waals surface area (Å²) in [5, 5.41) is 2.41. The summed E-state index contributed by atoms with van der Waals surface area (Å²) < 4.78 is 6.25. The van der Waals surface area contributed by atoms with Gasteiger partial charge in [-0.25, -0.2) is 0 Å². The van der Waals surface area contributed by atoms with Crippen LogP contribution in [-0.4, -0.2) is 4.98 Å². The van der Waals surface area contributed by atoms with Crippen LogP contribution in [0.25, 0.3) is 11.1 Å². The van der Waals surface area contributed by atoms with Crippen molar-refractivity contribution in [2.75, 3.05) is 0 Å². The fourth-order valence-corrected chi connectivity index (χ4v) is 7.87. The third-order valence-corrected chi connectivity index (χ3v) is 9.68. The second-order valence-corrected chi connectivity index (χ2v) is 13.3. The number of nitrogens with zero attached hydrogens (tertiary/aromatic N) is 1. The monoisotopic (exact) mass is 671 g/mol. The average molecular weight is 674 g/mol. The Morgan fingerprint density at radius 2 is 1.12 bits per heavy atom. The fraction of sp³-hybridized carbons (Fsp3) is 0.147. The number of ether oxygens (including phenoxy) is 1. The van der Waals surface area contributed by atoms with Crippen LogP contribution in [0.2, 0.25) is 30.1 Å². The Morgan fingerprint density at radius 3 is 1.74 bits per heavy atom. The van der Waals surface area contributed by atoms with Gasteiger partial charge in [0.2, 0.25) is 0 Å². The molecule has 0 aliphatic carbocycles. The summed E-state index contributed by atoms with van der Waals surface area (Å²) in [5.74, 6) is 1.03. The van der Waals surface area contributed by atoms with E-state index in [-0.39, 0.29) is 5.41 Å². The highest BCUT2D eigenvalue weighted by atomic mass is 35.5. The van der Waals surface area contributed by atoms with E-state index in [0.29, 0.717) is 46.8 Å². The zero-order valence-electron chi connectivity index (χ0n) is 22.7. The summed E-state index contributed by atoms with van der Waals surface area (Å²) in [7, 11) is 0. The Labute approximate surface area is 275 Å². The molecule has 0 saturated carbocycles. The average Bonchev–Trinajstić information content (AvgIpc) is 2.92. The number of fused-ring (bicyclic) bond motifs is 2. The minimum atomic E-state index is -0.657. The maximum Gasteiger partial charge on any atom is 0.131 e. The summed E-state index contributed by atoms with van der Waals surface area (Å²) in [6, 6.07) is 21.7. The lowest BCUT2D eigenvalue weighted by atomic mass is 9.75. The van der Waals surface area contributed by atoms with Gasteiger partial charge in [-0.2, -0.15) is 0 Å². The first-order valence-corrected chi connectivity index (χ1v) is 15.4. The van der Waals surface area contributed by atoms with Crippen molar-refractivity contribution in [3.8, 4) is 22.6 Å². The van der Waals surface area contributed by atoms with Crippen LogP contribution in [0.3, 0.4) is 0 Å². The number of hydrogen-bond donors (Lipinski definition) is 0. The predicted octanol–water partition coefficient (Wildman–Crippen LogP) is 12.6. The molecule has 0 fully saturated rings. The molecule has 2 heterocycles. The molecule has 8 heteroatoms.